The second-order valence-corrected chi connectivity index (χ2v) is 13.6. The van der Waals surface area contributed by atoms with Crippen LogP contribution in [-0.4, -0.2) is 32.2 Å². The second-order valence-electron chi connectivity index (χ2n) is 8.11. The van der Waals surface area contributed by atoms with Crippen molar-refractivity contribution in [2.75, 3.05) is 13.3 Å². The standard InChI is InChI=1S/C23H31NO2Si/c1-19(22-14-10-9-13-21(22)15-16-23(25)26-2)24(18-27(3,4)5)17-20-11-7-6-8-12-20/h6-16,19H,17-18H2,1-5H3/b16-15+. The van der Waals surface area contributed by atoms with E-state index < -0.39 is 8.07 Å². The quantitative estimate of drug-likeness (QED) is 0.352. The summed E-state index contributed by atoms with van der Waals surface area (Å²) in [6.45, 7) is 10.4. The zero-order valence-electron chi connectivity index (χ0n) is 17.1. The first kappa shape index (κ1) is 21.1. The van der Waals surface area contributed by atoms with Crippen molar-refractivity contribution < 1.29 is 9.53 Å². The molecule has 144 valence electrons. The van der Waals surface area contributed by atoms with Crippen molar-refractivity contribution in [3.05, 3.63) is 77.4 Å². The number of methoxy groups -OCH3 is 1. The molecule has 2 aromatic carbocycles. The molecule has 2 rings (SSSR count). The number of ether oxygens (including phenoxy) is 1. The summed E-state index contributed by atoms with van der Waals surface area (Å²) < 4.78 is 4.73. The van der Waals surface area contributed by atoms with E-state index >= 15 is 0 Å². The summed E-state index contributed by atoms with van der Waals surface area (Å²) in [6.07, 6.45) is 4.45. The normalized spacial score (nSPS) is 13.1. The molecule has 0 bridgehead atoms. The van der Waals surface area contributed by atoms with Crippen molar-refractivity contribution in [1.29, 1.82) is 0 Å². The summed E-state index contributed by atoms with van der Waals surface area (Å²) in [5.74, 6) is -0.333. The highest BCUT2D eigenvalue weighted by atomic mass is 28.3. The zero-order chi connectivity index (χ0) is 19.9. The van der Waals surface area contributed by atoms with Crippen LogP contribution in [0.25, 0.3) is 6.08 Å². The molecule has 1 atom stereocenters. The van der Waals surface area contributed by atoms with Crippen molar-refractivity contribution in [1.82, 2.24) is 4.90 Å². The molecule has 3 nitrogen and oxygen atoms in total. The predicted octanol–water partition coefficient (Wildman–Crippen LogP) is 5.31. The van der Waals surface area contributed by atoms with Gasteiger partial charge in [0.05, 0.1) is 15.2 Å². The number of benzene rings is 2. The minimum atomic E-state index is -1.30. The van der Waals surface area contributed by atoms with Crippen molar-refractivity contribution in [2.45, 2.75) is 39.2 Å². The smallest absolute Gasteiger partial charge is 0.330 e. The van der Waals surface area contributed by atoms with Gasteiger partial charge in [0.2, 0.25) is 0 Å². The third-order valence-corrected chi connectivity index (χ3v) is 5.85. The van der Waals surface area contributed by atoms with E-state index in [2.05, 4.69) is 80.0 Å². The monoisotopic (exact) mass is 381 g/mol. The van der Waals surface area contributed by atoms with Crippen molar-refractivity contribution in [3.8, 4) is 0 Å². The van der Waals surface area contributed by atoms with E-state index in [0.29, 0.717) is 0 Å². The summed E-state index contributed by atoms with van der Waals surface area (Å²) >= 11 is 0. The van der Waals surface area contributed by atoms with Crippen LogP contribution < -0.4 is 0 Å². The van der Waals surface area contributed by atoms with Crippen molar-refractivity contribution in [3.63, 3.8) is 0 Å². The van der Waals surface area contributed by atoms with Gasteiger partial charge in [0.15, 0.2) is 0 Å². The van der Waals surface area contributed by atoms with Crippen LogP contribution in [0.1, 0.15) is 29.7 Å². The second kappa shape index (κ2) is 9.67. The molecule has 0 saturated heterocycles. The fourth-order valence-corrected chi connectivity index (χ4v) is 4.83. The Kier molecular flexibility index (Phi) is 7.57. The van der Waals surface area contributed by atoms with Gasteiger partial charge in [-0.1, -0.05) is 74.2 Å². The highest BCUT2D eigenvalue weighted by Gasteiger charge is 2.24. The number of nitrogens with zero attached hydrogens (tertiary/aromatic N) is 1. The molecular formula is C23H31NO2Si. The summed E-state index contributed by atoms with van der Waals surface area (Å²) in [7, 11) is 0.104. The lowest BCUT2D eigenvalue weighted by Crippen LogP contribution is -2.41. The number of rotatable bonds is 8. The maximum Gasteiger partial charge on any atom is 0.330 e. The Balaban J connectivity index is 2.33. The van der Waals surface area contributed by atoms with Gasteiger partial charge < -0.3 is 4.74 Å². The zero-order valence-corrected chi connectivity index (χ0v) is 18.1. The lowest BCUT2D eigenvalue weighted by molar-refractivity contribution is -0.134. The number of hydrogen-bond donors (Lipinski definition) is 0. The molecular weight excluding hydrogens is 350 g/mol. The average molecular weight is 382 g/mol. The average Bonchev–Trinajstić information content (AvgIpc) is 2.65. The Bertz CT molecular complexity index is 765. The third kappa shape index (κ3) is 6.81. The minimum absolute atomic E-state index is 0.246. The van der Waals surface area contributed by atoms with E-state index in [0.717, 1.165) is 18.3 Å². The number of carbonyl (C=O) groups excluding carboxylic acids is 1. The highest BCUT2D eigenvalue weighted by molar-refractivity contribution is 6.76. The molecule has 2 aromatic rings. The molecule has 0 heterocycles. The van der Waals surface area contributed by atoms with E-state index in [-0.39, 0.29) is 12.0 Å². The van der Waals surface area contributed by atoms with E-state index in [9.17, 15) is 4.79 Å². The molecule has 0 aliphatic carbocycles. The number of esters is 1. The van der Waals surface area contributed by atoms with Gasteiger partial charge in [0, 0.05) is 18.7 Å². The first-order chi connectivity index (χ1) is 12.8. The van der Waals surface area contributed by atoms with E-state index in [1.807, 2.05) is 12.1 Å². The Morgan fingerprint density at radius 2 is 1.70 bits per heavy atom. The van der Waals surface area contributed by atoms with Crippen LogP contribution in [0.4, 0.5) is 0 Å². The SMILES string of the molecule is COC(=O)/C=C/c1ccccc1C(C)N(Cc1ccccc1)C[Si](C)(C)C. The molecule has 0 aromatic heterocycles. The lowest BCUT2D eigenvalue weighted by Gasteiger charge is -2.35. The predicted molar refractivity (Wildman–Crippen MR) is 116 cm³/mol. The Labute approximate surface area is 164 Å². The molecule has 0 radical (unpaired) electrons. The van der Waals surface area contributed by atoms with E-state index in [1.165, 1.54) is 24.3 Å². The number of carbonyl (C=O) groups is 1. The lowest BCUT2D eigenvalue weighted by atomic mass is 9.99. The third-order valence-electron chi connectivity index (χ3n) is 4.50. The Morgan fingerprint density at radius 3 is 2.33 bits per heavy atom. The molecule has 27 heavy (non-hydrogen) atoms. The number of hydrogen-bond acceptors (Lipinski definition) is 3. The molecule has 0 spiro atoms. The van der Waals surface area contributed by atoms with E-state index in [4.69, 9.17) is 4.74 Å². The van der Waals surface area contributed by atoms with Crippen LogP contribution in [-0.2, 0) is 16.1 Å². The van der Waals surface area contributed by atoms with Crippen LogP contribution in [0.15, 0.2) is 60.7 Å². The van der Waals surface area contributed by atoms with Gasteiger partial charge in [-0.05, 0) is 35.9 Å². The van der Waals surface area contributed by atoms with Crippen LogP contribution in [0.5, 0.6) is 0 Å². The highest BCUT2D eigenvalue weighted by Crippen LogP contribution is 2.27. The van der Waals surface area contributed by atoms with Gasteiger partial charge in [0.25, 0.3) is 0 Å². The molecule has 4 heteroatoms. The molecule has 0 aliphatic rings. The summed E-state index contributed by atoms with van der Waals surface area (Å²) in [5, 5.41) is 0. The van der Waals surface area contributed by atoms with Gasteiger partial charge in [0.1, 0.15) is 0 Å². The van der Waals surface area contributed by atoms with Crippen molar-refractivity contribution >= 4 is 20.1 Å². The van der Waals surface area contributed by atoms with E-state index in [1.54, 1.807) is 0 Å². The van der Waals surface area contributed by atoms with Gasteiger partial charge in [-0.3, -0.25) is 4.90 Å². The van der Waals surface area contributed by atoms with Gasteiger partial charge >= 0.3 is 5.97 Å². The maximum absolute atomic E-state index is 11.5. The molecule has 0 fully saturated rings. The molecule has 1 unspecified atom stereocenters. The first-order valence-corrected chi connectivity index (χ1v) is 13.1. The van der Waals surface area contributed by atoms with Crippen LogP contribution in [0.3, 0.4) is 0 Å². The molecule has 0 saturated carbocycles. The largest absolute Gasteiger partial charge is 0.466 e. The summed E-state index contributed by atoms with van der Waals surface area (Å²) in [5.41, 5.74) is 3.61. The topological polar surface area (TPSA) is 29.5 Å². The van der Waals surface area contributed by atoms with Gasteiger partial charge in [-0.15, -0.1) is 0 Å². The fourth-order valence-electron chi connectivity index (χ4n) is 3.22. The van der Waals surface area contributed by atoms with Crippen LogP contribution >= 0.6 is 0 Å². The van der Waals surface area contributed by atoms with Crippen LogP contribution in [0.2, 0.25) is 19.6 Å². The summed E-state index contributed by atoms with van der Waals surface area (Å²) in [4.78, 5) is 14.1. The van der Waals surface area contributed by atoms with Gasteiger partial charge in [-0.25, -0.2) is 4.79 Å². The Hall–Kier alpha value is -2.17. The summed E-state index contributed by atoms with van der Waals surface area (Å²) in [6, 6.07) is 19.2. The molecule has 0 amide bonds. The van der Waals surface area contributed by atoms with Gasteiger partial charge in [-0.2, -0.15) is 0 Å². The maximum atomic E-state index is 11.5. The molecule has 0 aliphatic heterocycles. The Morgan fingerprint density at radius 1 is 1.07 bits per heavy atom. The first-order valence-electron chi connectivity index (χ1n) is 9.43. The van der Waals surface area contributed by atoms with Crippen molar-refractivity contribution in [2.24, 2.45) is 0 Å². The minimum Gasteiger partial charge on any atom is -0.466 e. The fraction of sp³-hybridized carbons (Fsp3) is 0.348. The molecule has 0 N–H and O–H groups in total. The van der Waals surface area contributed by atoms with Crippen LogP contribution in [0, 0.1) is 0 Å².